The summed E-state index contributed by atoms with van der Waals surface area (Å²) < 4.78 is 21.4. The van der Waals surface area contributed by atoms with Gasteiger partial charge in [-0.1, -0.05) is 103 Å². The van der Waals surface area contributed by atoms with E-state index in [0.717, 1.165) is 28.6 Å². The Morgan fingerprint density at radius 3 is 2.09 bits per heavy atom. The summed E-state index contributed by atoms with van der Waals surface area (Å²) in [7, 11) is 0.310. The SMILES string of the molecule is CCC(C)(Pc1ccc(C)cc1F)c1cc(C)cc(C(C)(C)C)c1OCc1ccccc1. The minimum atomic E-state index is -0.228. The highest BCUT2D eigenvalue weighted by Crippen LogP contribution is 2.50. The molecule has 1 nitrogen and oxygen atoms in total. The van der Waals surface area contributed by atoms with E-state index in [2.05, 4.69) is 65.8 Å². The maximum atomic E-state index is 14.8. The second kappa shape index (κ2) is 9.75. The molecule has 0 amide bonds. The van der Waals surface area contributed by atoms with Crippen LogP contribution in [0.15, 0.2) is 60.7 Å². The van der Waals surface area contributed by atoms with Crippen LogP contribution >= 0.6 is 8.58 Å². The summed E-state index contributed by atoms with van der Waals surface area (Å²) in [5, 5.41) is 0.557. The van der Waals surface area contributed by atoms with Crippen molar-refractivity contribution in [1.29, 1.82) is 0 Å². The normalized spacial score (nSPS) is 14.0. The fourth-order valence-electron chi connectivity index (χ4n) is 3.99. The topological polar surface area (TPSA) is 9.23 Å². The van der Waals surface area contributed by atoms with E-state index < -0.39 is 0 Å². The maximum absolute atomic E-state index is 14.8. The lowest BCUT2D eigenvalue weighted by Gasteiger charge is -2.35. The molecule has 0 saturated carbocycles. The third-order valence-electron chi connectivity index (χ3n) is 6.10. The molecule has 0 spiro atoms. The quantitative estimate of drug-likeness (QED) is 0.332. The first-order valence-electron chi connectivity index (χ1n) is 11.4. The molecule has 2 unspecified atom stereocenters. The molecule has 170 valence electrons. The van der Waals surface area contributed by atoms with E-state index in [1.54, 1.807) is 6.07 Å². The number of benzene rings is 3. The van der Waals surface area contributed by atoms with Crippen molar-refractivity contribution in [2.45, 2.75) is 72.1 Å². The smallest absolute Gasteiger partial charge is 0.130 e. The van der Waals surface area contributed by atoms with E-state index >= 15 is 0 Å². The molecule has 0 aliphatic carbocycles. The standard InChI is InChI=1S/C29H36FOP/c1-8-29(7,32-26-15-14-20(2)18-25(26)30)24-17-21(3)16-23(28(4,5)6)27(24)31-19-22-12-10-9-11-13-22/h9-18,32H,8,19H2,1-7H3. The van der Waals surface area contributed by atoms with Crippen LogP contribution in [0.2, 0.25) is 0 Å². The highest BCUT2D eigenvalue weighted by atomic mass is 31.1. The van der Waals surface area contributed by atoms with Gasteiger partial charge in [-0.3, -0.25) is 0 Å². The zero-order chi connectivity index (χ0) is 23.5. The van der Waals surface area contributed by atoms with Crippen LogP contribution in [0.4, 0.5) is 4.39 Å². The van der Waals surface area contributed by atoms with Gasteiger partial charge in [-0.05, 0) is 42.9 Å². The van der Waals surface area contributed by atoms with Crippen LogP contribution in [0.25, 0.3) is 0 Å². The monoisotopic (exact) mass is 450 g/mol. The molecule has 0 heterocycles. The van der Waals surface area contributed by atoms with E-state index in [0.29, 0.717) is 15.2 Å². The third kappa shape index (κ3) is 5.59. The Morgan fingerprint density at radius 1 is 0.844 bits per heavy atom. The van der Waals surface area contributed by atoms with Gasteiger partial charge in [0.2, 0.25) is 0 Å². The van der Waals surface area contributed by atoms with Crippen LogP contribution in [0.1, 0.15) is 68.9 Å². The summed E-state index contributed by atoms with van der Waals surface area (Å²) in [5.41, 5.74) is 5.62. The molecule has 3 aromatic carbocycles. The maximum Gasteiger partial charge on any atom is 0.130 e. The van der Waals surface area contributed by atoms with Gasteiger partial charge in [0.25, 0.3) is 0 Å². The number of aryl methyl sites for hydroxylation is 2. The summed E-state index contributed by atoms with van der Waals surface area (Å²) in [6.45, 7) is 15.7. The molecule has 0 fully saturated rings. The van der Waals surface area contributed by atoms with Crippen LogP contribution in [-0.4, -0.2) is 0 Å². The Hall–Kier alpha value is -2.18. The van der Waals surface area contributed by atoms with Gasteiger partial charge in [0.1, 0.15) is 18.2 Å². The predicted molar refractivity (Wildman–Crippen MR) is 137 cm³/mol. The van der Waals surface area contributed by atoms with Crippen molar-refractivity contribution in [1.82, 2.24) is 0 Å². The zero-order valence-corrected chi connectivity index (χ0v) is 21.5. The van der Waals surface area contributed by atoms with Crippen molar-refractivity contribution >= 4 is 13.9 Å². The molecule has 0 N–H and O–H groups in total. The highest BCUT2D eigenvalue weighted by molar-refractivity contribution is 7.48. The lowest BCUT2D eigenvalue weighted by atomic mass is 9.81. The first-order chi connectivity index (χ1) is 15.0. The molecule has 0 bridgehead atoms. The van der Waals surface area contributed by atoms with E-state index in [1.165, 1.54) is 16.7 Å². The van der Waals surface area contributed by atoms with Gasteiger partial charge in [-0.25, -0.2) is 4.39 Å². The molecule has 0 aliphatic heterocycles. The summed E-state index contributed by atoms with van der Waals surface area (Å²) >= 11 is 0. The van der Waals surface area contributed by atoms with E-state index in [1.807, 2.05) is 37.3 Å². The molecule has 0 aromatic heterocycles. The minimum Gasteiger partial charge on any atom is -0.488 e. The fourth-order valence-corrected chi connectivity index (χ4v) is 5.44. The number of rotatable bonds is 7. The molecule has 0 radical (unpaired) electrons. The van der Waals surface area contributed by atoms with E-state index in [9.17, 15) is 4.39 Å². The second-order valence-corrected chi connectivity index (χ2v) is 11.9. The summed E-state index contributed by atoms with van der Waals surface area (Å²) in [6, 6.07) is 20.4. The van der Waals surface area contributed by atoms with Crippen LogP contribution in [-0.2, 0) is 17.2 Å². The number of ether oxygens (including phenoxy) is 1. The van der Waals surface area contributed by atoms with Crippen molar-refractivity contribution in [3.63, 3.8) is 0 Å². The van der Waals surface area contributed by atoms with Crippen molar-refractivity contribution in [2.75, 3.05) is 0 Å². The predicted octanol–water partition coefficient (Wildman–Crippen LogP) is 7.95. The van der Waals surface area contributed by atoms with Crippen molar-refractivity contribution < 1.29 is 9.13 Å². The Kier molecular flexibility index (Phi) is 7.46. The third-order valence-corrected chi connectivity index (χ3v) is 7.95. The molecule has 3 rings (SSSR count). The van der Waals surface area contributed by atoms with E-state index in [-0.39, 0.29) is 16.4 Å². The van der Waals surface area contributed by atoms with Gasteiger partial charge in [0, 0.05) is 21.6 Å². The molecule has 32 heavy (non-hydrogen) atoms. The summed E-state index contributed by atoms with van der Waals surface area (Å²) in [4.78, 5) is 0. The Morgan fingerprint density at radius 2 is 1.50 bits per heavy atom. The van der Waals surface area contributed by atoms with Gasteiger partial charge in [-0.2, -0.15) is 0 Å². The molecule has 0 aliphatic rings. The number of hydrogen-bond acceptors (Lipinski definition) is 1. The molecule has 3 heteroatoms. The van der Waals surface area contributed by atoms with Gasteiger partial charge in [-0.15, -0.1) is 0 Å². The molecule has 2 atom stereocenters. The average Bonchev–Trinajstić information content (AvgIpc) is 2.74. The Bertz CT molecular complexity index is 1070. The first-order valence-corrected chi connectivity index (χ1v) is 12.4. The second-order valence-electron chi connectivity index (χ2n) is 10.0. The fraction of sp³-hybridized carbons (Fsp3) is 0.379. The van der Waals surface area contributed by atoms with Gasteiger partial charge in [0.15, 0.2) is 0 Å². The van der Waals surface area contributed by atoms with Crippen LogP contribution in [0.3, 0.4) is 0 Å². The Balaban J connectivity index is 2.12. The van der Waals surface area contributed by atoms with Crippen molar-refractivity contribution in [2.24, 2.45) is 0 Å². The Labute approximate surface area is 195 Å². The number of hydrogen-bond donors (Lipinski definition) is 0. The van der Waals surface area contributed by atoms with Gasteiger partial charge >= 0.3 is 0 Å². The molecular weight excluding hydrogens is 414 g/mol. The van der Waals surface area contributed by atoms with E-state index in [4.69, 9.17) is 4.74 Å². The molecular formula is C29H36FOP. The largest absolute Gasteiger partial charge is 0.488 e. The van der Waals surface area contributed by atoms with Crippen molar-refractivity contribution in [3.05, 3.63) is 94.3 Å². The zero-order valence-electron chi connectivity index (χ0n) is 20.5. The number of halogens is 1. The lowest BCUT2D eigenvalue weighted by Crippen LogP contribution is -2.24. The highest BCUT2D eigenvalue weighted by Gasteiger charge is 2.33. The minimum absolute atomic E-state index is 0.0698. The van der Waals surface area contributed by atoms with Gasteiger partial charge < -0.3 is 4.74 Å². The van der Waals surface area contributed by atoms with Crippen LogP contribution < -0.4 is 10.0 Å². The lowest BCUT2D eigenvalue weighted by molar-refractivity contribution is 0.291. The van der Waals surface area contributed by atoms with Crippen LogP contribution in [0, 0.1) is 19.7 Å². The van der Waals surface area contributed by atoms with Crippen molar-refractivity contribution in [3.8, 4) is 5.75 Å². The summed E-state index contributed by atoms with van der Waals surface area (Å²) in [5.74, 6) is 0.842. The first kappa shape index (κ1) is 24.5. The van der Waals surface area contributed by atoms with Gasteiger partial charge in [0.05, 0.1) is 0 Å². The van der Waals surface area contributed by atoms with Crippen LogP contribution in [0.5, 0.6) is 5.75 Å². The summed E-state index contributed by atoms with van der Waals surface area (Å²) in [6.07, 6.45) is 0.896. The average molecular weight is 451 g/mol. The molecule has 0 saturated heterocycles. The molecule has 3 aromatic rings.